The van der Waals surface area contributed by atoms with Crippen LogP contribution in [-0.4, -0.2) is 14.8 Å². The summed E-state index contributed by atoms with van der Waals surface area (Å²) in [7, 11) is 0. The van der Waals surface area contributed by atoms with E-state index in [0.717, 1.165) is 30.0 Å². The van der Waals surface area contributed by atoms with E-state index in [1.165, 1.54) is 0 Å². The summed E-state index contributed by atoms with van der Waals surface area (Å²) in [5, 5.41) is 9.05. The molecule has 1 aromatic heterocycles. The van der Waals surface area contributed by atoms with Crippen LogP contribution < -0.4 is 0 Å². The van der Waals surface area contributed by atoms with Crippen molar-refractivity contribution in [2.45, 2.75) is 32.2 Å². The molecule has 0 N–H and O–H groups in total. The van der Waals surface area contributed by atoms with Crippen molar-refractivity contribution >= 4 is 23.2 Å². The molecule has 0 amide bonds. The Balaban J connectivity index is 2.23. The van der Waals surface area contributed by atoms with E-state index in [2.05, 4.69) is 17.1 Å². The normalized spacial score (nSPS) is 12.6. The molecule has 5 heteroatoms. The van der Waals surface area contributed by atoms with Gasteiger partial charge in [-0.3, -0.25) is 0 Å². The van der Waals surface area contributed by atoms with Gasteiger partial charge < -0.3 is 4.57 Å². The predicted molar refractivity (Wildman–Crippen MR) is 74.1 cm³/mol. The largest absolute Gasteiger partial charge is 0.320 e. The molecular formula is C13H15Cl2N3. The van der Waals surface area contributed by atoms with E-state index in [0.29, 0.717) is 10.9 Å². The molecule has 0 saturated heterocycles. The molecule has 0 radical (unpaired) electrons. The summed E-state index contributed by atoms with van der Waals surface area (Å²) in [5.74, 6) is 0.357. The van der Waals surface area contributed by atoms with Crippen LogP contribution in [0.2, 0.25) is 10.0 Å². The SMILES string of the molecule is CCCC(Cn1cnnc1)c1ccc(Cl)cc1Cl. The minimum Gasteiger partial charge on any atom is -0.320 e. The van der Waals surface area contributed by atoms with Crippen LogP contribution in [0, 0.1) is 0 Å². The van der Waals surface area contributed by atoms with E-state index in [9.17, 15) is 0 Å². The molecule has 18 heavy (non-hydrogen) atoms. The van der Waals surface area contributed by atoms with Crippen LogP contribution in [0.5, 0.6) is 0 Å². The topological polar surface area (TPSA) is 30.7 Å². The van der Waals surface area contributed by atoms with Crippen molar-refractivity contribution < 1.29 is 0 Å². The summed E-state index contributed by atoms with van der Waals surface area (Å²) in [6.45, 7) is 3.01. The molecule has 0 fully saturated rings. The van der Waals surface area contributed by atoms with E-state index in [1.54, 1.807) is 18.7 Å². The van der Waals surface area contributed by atoms with E-state index in [4.69, 9.17) is 23.2 Å². The van der Waals surface area contributed by atoms with E-state index < -0.39 is 0 Å². The first-order chi connectivity index (χ1) is 8.70. The van der Waals surface area contributed by atoms with Crippen molar-refractivity contribution in [3.63, 3.8) is 0 Å². The molecule has 2 aromatic rings. The maximum Gasteiger partial charge on any atom is 0.119 e. The zero-order valence-electron chi connectivity index (χ0n) is 10.2. The Morgan fingerprint density at radius 3 is 2.56 bits per heavy atom. The van der Waals surface area contributed by atoms with Gasteiger partial charge in [0.25, 0.3) is 0 Å². The first-order valence-electron chi connectivity index (χ1n) is 5.98. The monoisotopic (exact) mass is 283 g/mol. The van der Waals surface area contributed by atoms with Crippen LogP contribution in [0.4, 0.5) is 0 Å². The molecule has 1 atom stereocenters. The van der Waals surface area contributed by atoms with Crippen LogP contribution >= 0.6 is 23.2 Å². The fraction of sp³-hybridized carbons (Fsp3) is 0.385. The molecule has 1 heterocycles. The minimum absolute atomic E-state index is 0.357. The van der Waals surface area contributed by atoms with Gasteiger partial charge in [-0.1, -0.05) is 42.6 Å². The Kier molecular flexibility index (Phi) is 4.61. The zero-order chi connectivity index (χ0) is 13.0. The summed E-state index contributed by atoms with van der Waals surface area (Å²) in [5.41, 5.74) is 1.14. The number of aromatic nitrogens is 3. The molecule has 0 saturated carbocycles. The Bertz CT molecular complexity index is 497. The quantitative estimate of drug-likeness (QED) is 0.825. The molecule has 2 rings (SSSR count). The first-order valence-corrected chi connectivity index (χ1v) is 6.73. The van der Waals surface area contributed by atoms with E-state index >= 15 is 0 Å². The van der Waals surface area contributed by atoms with Gasteiger partial charge in [0.15, 0.2) is 0 Å². The third-order valence-electron chi connectivity index (χ3n) is 2.94. The molecule has 1 unspecified atom stereocenters. The van der Waals surface area contributed by atoms with Crippen LogP contribution in [0.3, 0.4) is 0 Å². The molecule has 1 aromatic carbocycles. The summed E-state index contributed by atoms with van der Waals surface area (Å²) in [4.78, 5) is 0. The smallest absolute Gasteiger partial charge is 0.119 e. The average Bonchev–Trinajstić information content (AvgIpc) is 2.81. The highest BCUT2D eigenvalue weighted by Crippen LogP contribution is 2.31. The zero-order valence-corrected chi connectivity index (χ0v) is 11.7. The molecule has 0 aliphatic carbocycles. The number of hydrogen-bond donors (Lipinski definition) is 0. The van der Waals surface area contributed by atoms with Gasteiger partial charge in [0.05, 0.1) is 0 Å². The van der Waals surface area contributed by atoms with Gasteiger partial charge in [-0.25, -0.2) is 0 Å². The predicted octanol–water partition coefficient (Wildman–Crippen LogP) is 4.17. The Hall–Kier alpha value is -1.06. The lowest BCUT2D eigenvalue weighted by molar-refractivity contribution is 0.518. The van der Waals surface area contributed by atoms with Gasteiger partial charge in [-0.15, -0.1) is 10.2 Å². The van der Waals surface area contributed by atoms with Gasteiger partial charge in [0.2, 0.25) is 0 Å². The third-order valence-corrected chi connectivity index (χ3v) is 3.50. The first kappa shape index (κ1) is 13.4. The Labute approximate surface area is 117 Å². The van der Waals surface area contributed by atoms with E-state index in [-0.39, 0.29) is 0 Å². The van der Waals surface area contributed by atoms with Gasteiger partial charge in [-0.2, -0.15) is 0 Å². The highest BCUT2D eigenvalue weighted by atomic mass is 35.5. The maximum absolute atomic E-state index is 6.28. The Morgan fingerprint density at radius 2 is 1.94 bits per heavy atom. The van der Waals surface area contributed by atoms with Crippen molar-refractivity contribution in [3.8, 4) is 0 Å². The summed E-state index contributed by atoms with van der Waals surface area (Å²) in [6, 6.07) is 5.69. The number of nitrogens with zero attached hydrogens (tertiary/aromatic N) is 3. The molecular weight excluding hydrogens is 269 g/mol. The Morgan fingerprint density at radius 1 is 1.22 bits per heavy atom. The van der Waals surface area contributed by atoms with Crippen molar-refractivity contribution in [2.24, 2.45) is 0 Å². The van der Waals surface area contributed by atoms with Crippen LogP contribution in [-0.2, 0) is 6.54 Å². The number of halogens is 2. The summed E-state index contributed by atoms with van der Waals surface area (Å²) in [6.07, 6.45) is 5.63. The minimum atomic E-state index is 0.357. The van der Waals surface area contributed by atoms with Gasteiger partial charge in [0.1, 0.15) is 12.7 Å². The fourth-order valence-electron chi connectivity index (χ4n) is 2.10. The number of hydrogen-bond acceptors (Lipinski definition) is 2. The lowest BCUT2D eigenvalue weighted by Crippen LogP contribution is -2.08. The second-order valence-corrected chi connectivity index (χ2v) is 5.15. The van der Waals surface area contributed by atoms with Crippen LogP contribution in [0.25, 0.3) is 0 Å². The van der Waals surface area contributed by atoms with Crippen molar-refractivity contribution in [1.29, 1.82) is 0 Å². The van der Waals surface area contributed by atoms with Gasteiger partial charge in [-0.05, 0) is 24.1 Å². The van der Waals surface area contributed by atoms with Gasteiger partial charge >= 0.3 is 0 Å². The molecule has 96 valence electrons. The van der Waals surface area contributed by atoms with Crippen LogP contribution in [0.1, 0.15) is 31.2 Å². The molecule has 0 spiro atoms. The van der Waals surface area contributed by atoms with Crippen molar-refractivity contribution in [1.82, 2.24) is 14.8 Å². The van der Waals surface area contributed by atoms with Crippen molar-refractivity contribution in [2.75, 3.05) is 0 Å². The van der Waals surface area contributed by atoms with Gasteiger partial charge in [0, 0.05) is 22.5 Å². The average molecular weight is 284 g/mol. The summed E-state index contributed by atoms with van der Waals surface area (Å²) >= 11 is 12.2. The molecule has 0 bridgehead atoms. The standard InChI is InChI=1S/C13H15Cl2N3/c1-2-3-10(7-18-8-16-17-9-18)12-5-4-11(14)6-13(12)15/h4-6,8-10H,2-3,7H2,1H3. The van der Waals surface area contributed by atoms with Crippen molar-refractivity contribution in [3.05, 3.63) is 46.5 Å². The number of benzene rings is 1. The second kappa shape index (κ2) is 6.21. The van der Waals surface area contributed by atoms with Crippen LogP contribution in [0.15, 0.2) is 30.9 Å². The number of rotatable bonds is 5. The third kappa shape index (κ3) is 3.24. The lowest BCUT2D eigenvalue weighted by atomic mass is 9.94. The second-order valence-electron chi connectivity index (χ2n) is 4.31. The molecule has 0 aliphatic heterocycles. The highest BCUT2D eigenvalue weighted by molar-refractivity contribution is 6.35. The molecule has 0 aliphatic rings. The highest BCUT2D eigenvalue weighted by Gasteiger charge is 2.15. The molecule has 3 nitrogen and oxygen atoms in total. The maximum atomic E-state index is 6.28. The summed E-state index contributed by atoms with van der Waals surface area (Å²) < 4.78 is 1.98. The lowest BCUT2D eigenvalue weighted by Gasteiger charge is -2.18. The van der Waals surface area contributed by atoms with E-state index in [1.807, 2.05) is 16.7 Å². The fourth-order valence-corrected chi connectivity index (χ4v) is 2.66.